The average Bonchev–Trinajstić information content (AvgIpc) is 2.26. The summed E-state index contributed by atoms with van der Waals surface area (Å²) in [4.78, 5) is 11.0. The summed E-state index contributed by atoms with van der Waals surface area (Å²) in [6.45, 7) is 1.85. The highest BCUT2D eigenvalue weighted by Crippen LogP contribution is 2.33. The maximum absolute atomic E-state index is 11.0. The Morgan fingerprint density at radius 3 is 2.47 bits per heavy atom. The Morgan fingerprint density at radius 1 is 1.41 bits per heavy atom. The summed E-state index contributed by atoms with van der Waals surface area (Å²) in [5.74, 6) is -0.0604. The molecule has 0 aliphatic carbocycles. The number of benzene rings is 1. The molecule has 1 atom stereocenters. The third kappa shape index (κ3) is 3.10. The van der Waals surface area contributed by atoms with Crippen LogP contribution in [0.5, 0.6) is 11.5 Å². The SMILES string of the molecule is COc1cc(C(=O)O)cc(CC(C)N)c1OC. The van der Waals surface area contributed by atoms with E-state index < -0.39 is 5.97 Å². The van der Waals surface area contributed by atoms with Crippen molar-refractivity contribution in [2.75, 3.05) is 14.2 Å². The van der Waals surface area contributed by atoms with E-state index in [1.54, 1.807) is 6.07 Å². The molecular formula is C12H17NO4. The predicted octanol–water partition coefficient (Wildman–Crippen LogP) is 1.29. The van der Waals surface area contributed by atoms with Crippen molar-refractivity contribution in [3.63, 3.8) is 0 Å². The van der Waals surface area contributed by atoms with E-state index in [0.717, 1.165) is 5.56 Å². The van der Waals surface area contributed by atoms with Crippen molar-refractivity contribution in [2.45, 2.75) is 19.4 Å². The maximum atomic E-state index is 11.0. The summed E-state index contributed by atoms with van der Waals surface area (Å²) in [5.41, 5.74) is 6.62. The normalized spacial score (nSPS) is 12.0. The zero-order valence-electron chi connectivity index (χ0n) is 10.2. The van der Waals surface area contributed by atoms with E-state index in [1.165, 1.54) is 20.3 Å². The van der Waals surface area contributed by atoms with Crippen molar-refractivity contribution >= 4 is 5.97 Å². The topological polar surface area (TPSA) is 81.8 Å². The molecule has 0 saturated heterocycles. The van der Waals surface area contributed by atoms with Gasteiger partial charge in [0, 0.05) is 11.6 Å². The lowest BCUT2D eigenvalue weighted by atomic mass is 10.0. The first-order valence-corrected chi connectivity index (χ1v) is 5.23. The molecule has 5 nitrogen and oxygen atoms in total. The molecule has 94 valence electrons. The number of carbonyl (C=O) groups is 1. The number of aromatic carboxylic acids is 1. The first-order valence-electron chi connectivity index (χ1n) is 5.23. The van der Waals surface area contributed by atoms with Crippen LogP contribution in [0.1, 0.15) is 22.8 Å². The molecule has 5 heteroatoms. The van der Waals surface area contributed by atoms with E-state index in [0.29, 0.717) is 17.9 Å². The highest BCUT2D eigenvalue weighted by Gasteiger charge is 2.16. The lowest BCUT2D eigenvalue weighted by Gasteiger charge is -2.15. The second-order valence-electron chi connectivity index (χ2n) is 3.86. The van der Waals surface area contributed by atoms with Crippen molar-refractivity contribution in [2.24, 2.45) is 5.73 Å². The van der Waals surface area contributed by atoms with Crippen molar-refractivity contribution < 1.29 is 19.4 Å². The third-order valence-corrected chi connectivity index (χ3v) is 2.34. The molecule has 0 bridgehead atoms. The minimum absolute atomic E-state index is 0.0855. The van der Waals surface area contributed by atoms with Gasteiger partial charge < -0.3 is 20.3 Å². The van der Waals surface area contributed by atoms with Gasteiger partial charge in [0.2, 0.25) is 0 Å². The number of hydrogen-bond acceptors (Lipinski definition) is 4. The van der Waals surface area contributed by atoms with Crippen LogP contribution < -0.4 is 15.2 Å². The van der Waals surface area contributed by atoms with Crippen molar-refractivity contribution in [1.82, 2.24) is 0 Å². The molecule has 1 aromatic rings. The van der Waals surface area contributed by atoms with Gasteiger partial charge in [0.25, 0.3) is 0 Å². The van der Waals surface area contributed by atoms with Crippen LogP contribution >= 0.6 is 0 Å². The summed E-state index contributed by atoms with van der Waals surface area (Å²) in [5, 5.41) is 9.00. The Labute approximate surface area is 100 Å². The fourth-order valence-corrected chi connectivity index (χ4v) is 1.67. The van der Waals surface area contributed by atoms with Crippen LogP contribution in [0.25, 0.3) is 0 Å². The van der Waals surface area contributed by atoms with E-state index in [1.807, 2.05) is 6.92 Å². The Morgan fingerprint density at radius 2 is 2.06 bits per heavy atom. The Bertz CT molecular complexity index is 415. The second kappa shape index (κ2) is 5.54. The largest absolute Gasteiger partial charge is 0.493 e. The summed E-state index contributed by atoms with van der Waals surface area (Å²) in [6.07, 6.45) is 0.528. The van der Waals surface area contributed by atoms with Crippen molar-refractivity contribution in [3.8, 4) is 11.5 Å². The Balaban J connectivity index is 3.31. The van der Waals surface area contributed by atoms with Gasteiger partial charge in [-0.05, 0) is 25.5 Å². The quantitative estimate of drug-likeness (QED) is 0.809. The van der Waals surface area contributed by atoms with E-state index in [4.69, 9.17) is 20.3 Å². The van der Waals surface area contributed by atoms with Gasteiger partial charge >= 0.3 is 5.97 Å². The van der Waals surface area contributed by atoms with Crippen molar-refractivity contribution in [1.29, 1.82) is 0 Å². The monoisotopic (exact) mass is 239 g/mol. The summed E-state index contributed by atoms with van der Waals surface area (Å²) in [7, 11) is 2.99. The standard InChI is InChI=1S/C12H17NO4/c1-7(13)4-8-5-9(12(14)15)6-10(16-2)11(8)17-3/h5-7H,4,13H2,1-3H3,(H,14,15). The molecule has 17 heavy (non-hydrogen) atoms. The van der Waals surface area contributed by atoms with Gasteiger partial charge in [0.15, 0.2) is 11.5 Å². The lowest BCUT2D eigenvalue weighted by Crippen LogP contribution is -2.18. The number of carboxylic acids is 1. The maximum Gasteiger partial charge on any atom is 0.335 e. The molecule has 1 aromatic carbocycles. The minimum Gasteiger partial charge on any atom is -0.493 e. The van der Waals surface area contributed by atoms with Crippen LogP contribution in [-0.2, 0) is 6.42 Å². The van der Waals surface area contributed by atoms with Crippen LogP contribution in [-0.4, -0.2) is 31.3 Å². The minimum atomic E-state index is -1.00. The Kier molecular flexibility index (Phi) is 4.34. The fraction of sp³-hybridized carbons (Fsp3) is 0.417. The molecule has 0 radical (unpaired) electrons. The van der Waals surface area contributed by atoms with Crippen LogP contribution in [0.4, 0.5) is 0 Å². The van der Waals surface area contributed by atoms with Gasteiger partial charge in [0.1, 0.15) is 0 Å². The number of nitrogens with two attached hydrogens (primary N) is 1. The van der Waals surface area contributed by atoms with Gasteiger partial charge in [-0.25, -0.2) is 4.79 Å². The predicted molar refractivity (Wildman–Crippen MR) is 63.9 cm³/mol. The van der Waals surface area contributed by atoms with Crippen LogP contribution in [0.2, 0.25) is 0 Å². The van der Waals surface area contributed by atoms with E-state index in [9.17, 15) is 4.79 Å². The summed E-state index contributed by atoms with van der Waals surface area (Å²) >= 11 is 0. The first kappa shape index (κ1) is 13.3. The smallest absolute Gasteiger partial charge is 0.335 e. The molecule has 0 aliphatic heterocycles. The lowest BCUT2D eigenvalue weighted by molar-refractivity contribution is 0.0696. The highest BCUT2D eigenvalue weighted by molar-refractivity contribution is 5.89. The molecule has 1 rings (SSSR count). The number of hydrogen-bond donors (Lipinski definition) is 2. The number of rotatable bonds is 5. The van der Waals surface area contributed by atoms with Crippen LogP contribution in [0.15, 0.2) is 12.1 Å². The average molecular weight is 239 g/mol. The zero-order valence-corrected chi connectivity index (χ0v) is 10.2. The number of carboxylic acid groups (broad SMARTS) is 1. The highest BCUT2D eigenvalue weighted by atomic mass is 16.5. The van der Waals surface area contributed by atoms with Gasteiger partial charge in [0.05, 0.1) is 19.8 Å². The molecule has 0 fully saturated rings. The number of ether oxygens (including phenoxy) is 2. The van der Waals surface area contributed by atoms with Gasteiger partial charge in [-0.3, -0.25) is 0 Å². The number of methoxy groups -OCH3 is 2. The van der Waals surface area contributed by atoms with E-state index in [-0.39, 0.29) is 11.6 Å². The van der Waals surface area contributed by atoms with Crippen LogP contribution in [0, 0.1) is 0 Å². The Hall–Kier alpha value is -1.75. The van der Waals surface area contributed by atoms with Gasteiger partial charge in [-0.1, -0.05) is 0 Å². The molecular weight excluding hydrogens is 222 g/mol. The molecule has 0 spiro atoms. The molecule has 0 heterocycles. The third-order valence-electron chi connectivity index (χ3n) is 2.34. The molecule has 1 unspecified atom stereocenters. The molecule has 3 N–H and O–H groups in total. The van der Waals surface area contributed by atoms with Gasteiger partial charge in [-0.15, -0.1) is 0 Å². The first-order chi connectivity index (χ1) is 7.99. The summed E-state index contributed by atoms with van der Waals surface area (Å²) in [6, 6.07) is 2.91. The van der Waals surface area contributed by atoms with E-state index in [2.05, 4.69) is 0 Å². The van der Waals surface area contributed by atoms with E-state index >= 15 is 0 Å². The fourth-order valence-electron chi connectivity index (χ4n) is 1.67. The summed E-state index contributed by atoms with van der Waals surface area (Å²) < 4.78 is 10.3. The zero-order chi connectivity index (χ0) is 13.0. The molecule has 0 aromatic heterocycles. The van der Waals surface area contributed by atoms with Crippen LogP contribution in [0.3, 0.4) is 0 Å². The molecule has 0 saturated carbocycles. The van der Waals surface area contributed by atoms with Gasteiger partial charge in [-0.2, -0.15) is 0 Å². The molecule has 0 aliphatic rings. The molecule has 0 amide bonds. The van der Waals surface area contributed by atoms with Crippen molar-refractivity contribution in [3.05, 3.63) is 23.3 Å². The second-order valence-corrected chi connectivity index (χ2v) is 3.86.